The molecule has 0 unspecified atom stereocenters. The number of esters is 1. The van der Waals surface area contributed by atoms with E-state index in [0.29, 0.717) is 13.2 Å². The van der Waals surface area contributed by atoms with Crippen LogP contribution in [0.25, 0.3) is 0 Å². The summed E-state index contributed by atoms with van der Waals surface area (Å²) >= 11 is 0. The van der Waals surface area contributed by atoms with E-state index >= 15 is 0 Å². The van der Waals surface area contributed by atoms with Crippen molar-refractivity contribution in [2.45, 2.75) is 103 Å². The molecule has 0 saturated carbocycles. The van der Waals surface area contributed by atoms with Gasteiger partial charge in [0.1, 0.15) is 6.10 Å². The molecular weight excluding hydrogens is 360 g/mol. The van der Waals surface area contributed by atoms with Crippen molar-refractivity contribution in [2.24, 2.45) is 0 Å². The maximum Gasteiger partial charge on any atom is 0.303 e. The van der Waals surface area contributed by atoms with E-state index < -0.39 is 11.8 Å². The van der Waals surface area contributed by atoms with Crippen LogP contribution in [0.4, 0.5) is 0 Å². The number of rotatable bonds is 16. The van der Waals surface area contributed by atoms with Gasteiger partial charge >= 0.3 is 11.9 Å². The standard InChI is InChI=1S/C22H38O6/c1-3-4-9-12-20(28-19(2)23)14-16-22(26-17-18-27-22)15-11-8-6-5-7-10-13-21(24)25/h14,16,20H,3-13,15,17-18H2,1-2H3,(H,24,25)/b16-14+/t20-/m1/s1. The molecule has 162 valence electrons. The Bertz CT molecular complexity index is 468. The first-order valence-electron chi connectivity index (χ1n) is 10.8. The highest BCUT2D eigenvalue weighted by molar-refractivity contribution is 5.66. The number of carboxylic acids is 1. The van der Waals surface area contributed by atoms with Gasteiger partial charge in [-0.15, -0.1) is 0 Å². The van der Waals surface area contributed by atoms with E-state index in [4.69, 9.17) is 19.3 Å². The van der Waals surface area contributed by atoms with Crippen LogP contribution in [-0.2, 0) is 23.8 Å². The molecule has 6 nitrogen and oxygen atoms in total. The molecule has 1 fully saturated rings. The fourth-order valence-corrected chi connectivity index (χ4v) is 3.41. The predicted molar refractivity (Wildman–Crippen MR) is 108 cm³/mol. The summed E-state index contributed by atoms with van der Waals surface area (Å²) < 4.78 is 17.2. The molecule has 6 heteroatoms. The molecule has 1 saturated heterocycles. The normalized spacial score (nSPS) is 17.1. The third kappa shape index (κ3) is 11.4. The fraction of sp³-hybridized carbons (Fsp3) is 0.818. The van der Waals surface area contributed by atoms with E-state index in [-0.39, 0.29) is 18.5 Å². The summed E-state index contributed by atoms with van der Waals surface area (Å²) in [6.07, 6.45) is 14.7. The number of aliphatic carboxylic acids is 1. The first-order chi connectivity index (χ1) is 13.5. The molecule has 0 amide bonds. The average molecular weight is 399 g/mol. The fourth-order valence-electron chi connectivity index (χ4n) is 3.41. The van der Waals surface area contributed by atoms with Gasteiger partial charge in [0.05, 0.1) is 13.2 Å². The topological polar surface area (TPSA) is 82.1 Å². The van der Waals surface area contributed by atoms with Crippen LogP contribution < -0.4 is 0 Å². The molecule has 1 N–H and O–H groups in total. The number of unbranched alkanes of at least 4 members (excludes halogenated alkanes) is 7. The van der Waals surface area contributed by atoms with E-state index in [2.05, 4.69) is 6.92 Å². The van der Waals surface area contributed by atoms with Crippen LogP contribution in [0.1, 0.15) is 90.9 Å². The first kappa shape index (κ1) is 24.6. The molecule has 0 aromatic rings. The van der Waals surface area contributed by atoms with E-state index in [9.17, 15) is 9.59 Å². The minimum atomic E-state index is -0.717. The van der Waals surface area contributed by atoms with Crippen molar-refractivity contribution in [1.29, 1.82) is 0 Å². The molecule has 1 aliphatic rings. The number of carbonyl (C=O) groups is 2. The van der Waals surface area contributed by atoms with Crippen molar-refractivity contribution in [3.8, 4) is 0 Å². The average Bonchev–Trinajstić information content (AvgIpc) is 3.10. The molecule has 1 heterocycles. The highest BCUT2D eigenvalue weighted by atomic mass is 16.7. The van der Waals surface area contributed by atoms with Gasteiger partial charge in [-0.2, -0.15) is 0 Å². The summed E-state index contributed by atoms with van der Waals surface area (Å²) in [7, 11) is 0. The number of carboxylic acid groups (broad SMARTS) is 1. The van der Waals surface area contributed by atoms with Crippen molar-refractivity contribution in [3.63, 3.8) is 0 Å². The Labute approximate surface area is 169 Å². The van der Waals surface area contributed by atoms with Crippen LogP contribution in [0.5, 0.6) is 0 Å². The van der Waals surface area contributed by atoms with E-state index in [1.807, 2.05) is 12.2 Å². The van der Waals surface area contributed by atoms with Crippen LogP contribution >= 0.6 is 0 Å². The Morgan fingerprint density at radius 1 is 1.04 bits per heavy atom. The van der Waals surface area contributed by atoms with E-state index in [0.717, 1.165) is 70.6 Å². The summed E-state index contributed by atoms with van der Waals surface area (Å²) in [6.45, 7) is 4.74. The maximum atomic E-state index is 11.4. The predicted octanol–water partition coefficient (Wildman–Crippen LogP) is 5.00. The molecule has 28 heavy (non-hydrogen) atoms. The zero-order chi connectivity index (χ0) is 20.7. The van der Waals surface area contributed by atoms with Crippen molar-refractivity contribution >= 4 is 11.9 Å². The van der Waals surface area contributed by atoms with Gasteiger partial charge in [-0.1, -0.05) is 45.4 Å². The van der Waals surface area contributed by atoms with Gasteiger partial charge in [-0.25, -0.2) is 0 Å². The molecule has 1 atom stereocenters. The second-order valence-electron chi connectivity index (χ2n) is 7.53. The van der Waals surface area contributed by atoms with Crippen LogP contribution in [0.15, 0.2) is 12.2 Å². The Morgan fingerprint density at radius 3 is 2.29 bits per heavy atom. The van der Waals surface area contributed by atoms with Crippen molar-refractivity contribution < 1.29 is 28.9 Å². The van der Waals surface area contributed by atoms with Crippen molar-refractivity contribution in [2.75, 3.05) is 13.2 Å². The lowest BCUT2D eigenvalue weighted by atomic mass is 10.0. The van der Waals surface area contributed by atoms with Gasteiger partial charge in [-0.05, 0) is 37.8 Å². The maximum absolute atomic E-state index is 11.4. The summed E-state index contributed by atoms with van der Waals surface area (Å²) in [5.74, 6) is -1.69. The monoisotopic (exact) mass is 398 g/mol. The first-order valence-corrected chi connectivity index (χ1v) is 10.8. The van der Waals surface area contributed by atoms with Crippen LogP contribution in [0.2, 0.25) is 0 Å². The van der Waals surface area contributed by atoms with Gasteiger partial charge in [0.15, 0.2) is 5.79 Å². The number of carbonyl (C=O) groups excluding carboxylic acids is 1. The van der Waals surface area contributed by atoms with Crippen molar-refractivity contribution in [3.05, 3.63) is 12.2 Å². The van der Waals surface area contributed by atoms with Crippen LogP contribution in [0.3, 0.4) is 0 Å². The molecule has 0 aromatic carbocycles. The second kappa shape index (κ2) is 14.6. The van der Waals surface area contributed by atoms with Gasteiger partial charge in [-0.3, -0.25) is 9.59 Å². The molecular formula is C22H38O6. The summed E-state index contributed by atoms with van der Waals surface area (Å²) in [6, 6.07) is 0. The Balaban J connectivity index is 2.40. The highest BCUT2D eigenvalue weighted by Crippen LogP contribution is 2.28. The lowest BCUT2D eigenvalue weighted by Crippen LogP contribution is -2.28. The SMILES string of the molecule is CCCCC[C@H](/C=C/C1(CCCCCCCCC(=O)O)OCCO1)OC(C)=O. The van der Waals surface area contributed by atoms with Gasteiger partial charge in [0, 0.05) is 19.8 Å². The van der Waals surface area contributed by atoms with Gasteiger partial charge in [0.2, 0.25) is 0 Å². The lowest BCUT2D eigenvalue weighted by Gasteiger charge is -2.24. The Kier molecular flexibility index (Phi) is 12.8. The third-order valence-electron chi connectivity index (χ3n) is 4.92. The lowest BCUT2D eigenvalue weighted by molar-refractivity contribution is -0.145. The van der Waals surface area contributed by atoms with Crippen LogP contribution in [0, 0.1) is 0 Å². The molecule has 0 radical (unpaired) electrons. The van der Waals surface area contributed by atoms with Crippen molar-refractivity contribution in [1.82, 2.24) is 0 Å². The van der Waals surface area contributed by atoms with E-state index in [1.165, 1.54) is 6.92 Å². The molecule has 0 aromatic heterocycles. The smallest absolute Gasteiger partial charge is 0.303 e. The molecule has 1 rings (SSSR count). The minimum absolute atomic E-state index is 0.233. The molecule has 1 aliphatic heterocycles. The molecule has 0 aliphatic carbocycles. The number of hydrogen-bond donors (Lipinski definition) is 1. The molecule has 0 spiro atoms. The number of ether oxygens (including phenoxy) is 3. The minimum Gasteiger partial charge on any atom is -0.481 e. The van der Waals surface area contributed by atoms with E-state index in [1.54, 1.807) is 0 Å². The van der Waals surface area contributed by atoms with Crippen LogP contribution in [-0.4, -0.2) is 42.1 Å². The Hall–Kier alpha value is -1.40. The van der Waals surface area contributed by atoms with Gasteiger partial charge < -0.3 is 19.3 Å². The zero-order valence-electron chi connectivity index (χ0n) is 17.6. The zero-order valence-corrected chi connectivity index (χ0v) is 17.6. The molecule has 0 bridgehead atoms. The summed E-state index contributed by atoms with van der Waals surface area (Å²) in [4.78, 5) is 21.9. The Morgan fingerprint density at radius 2 is 1.68 bits per heavy atom. The quantitative estimate of drug-likeness (QED) is 0.224. The number of hydrogen-bond acceptors (Lipinski definition) is 5. The second-order valence-corrected chi connectivity index (χ2v) is 7.53. The summed E-state index contributed by atoms with van der Waals surface area (Å²) in [5, 5.41) is 8.64. The van der Waals surface area contributed by atoms with Gasteiger partial charge in [0.25, 0.3) is 0 Å². The highest BCUT2D eigenvalue weighted by Gasteiger charge is 2.33. The largest absolute Gasteiger partial charge is 0.481 e. The summed E-state index contributed by atoms with van der Waals surface area (Å²) in [5.41, 5.74) is 0. The third-order valence-corrected chi connectivity index (χ3v) is 4.92.